The number of carbonyl (C=O) groups is 1. The molecule has 4 nitrogen and oxygen atoms in total. The van der Waals surface area contributed by atoms with Crippen molar-refractivity contribution < 1.29 is 14.6 Å². The Morgan fingerprint density at radius 3 is 2.62 bits per heavy atom. The van der Waals surface area contributed by atoms with Crippen LogP contribution in [0.4, 0.5) is 5.69 Å². The van der Waals surface area contributed by atoms with Crippen molar-refractivity contribution in [2.45, 2.75) is 5.92 Å². The van der Waals surface area contributed by atoms with E-state index in [0.29, 0.717) is 5.75 Å². The van der Waals surface area contributed by atoms with Crippen LogP contribution in [0.15, 0.2) is 53.0 Å². The van der Waals surface area contributed by atoms with E-state index in [0.717, 1.165) is 15.7 Å². The van der Waals surface area contributed by atoms with E-state index in [9.17, 15) is 9.90 Å². The van der Waals surface area contributed by atoms with Gasteiger partial charge in [0.1, 0.15) is 5.75 Å². The van der Waals surface area contributed by atoms with Crippen LogP contribution < -0.4 is 10.1 Å². The van der Waals surface area contributed by atoms with Crippen LogP contribution in [0.2, 0.25) is 0 Å². The molecule has 0 aromatic heterocycles. The number of rotatable bonds is 6. The van der Waals surface area contributed by atoms with E-state index in [4.69, 9.17) is 4.74 Å². The lowest BCUT2D eigenvalue weighted by Crippen LogP contribution is -2.21. The quantitative estimate of drug-likeness (QED) is 0.833. The van der Waals surface area contributed by atoms with Crippen molar-refractivity contribution >= 4 is 27.6 Å². The zero-order chi connectivity index (χ0) is 15.2. The third-order valence-electron chi connectivity index (χ3n) is 3.16. The van der Waals surface area contributed by atoms with Crippen LogP contribution in [0.5, 0.6) is 5.75 Å². The standard InChI is InChI=1S/C16H16BrNO3/c1-21-15-8-7-12(17)9-14(15)18-10-13(16(19)20)11-5-3-2-4-6-11/h2-9,13,18H,10H2,1H3,(H,19,20). The number of carboxylic acid groups (broad SMARTS) is 1. The van der Waals surface area contributed by atoms with E-state index in [1.54, 1.807) is 7.11 Å². The molecule has 0 amide bonds. The first-order chi connectivity index (χ1) is 10.1. The van der Waals surface area contributed by atoms with Crippen LogP contribution in [0, 0.1) is 0 Å². The summed E-state index contributed by atoms with van der Waals surface area (Å²) in [7, 11) is 1.58. The van der Waals surface area contributed by atoms with Crippen LogP contribution >= 0.6 is 15.9 Å². The molecule has 0 saturated heterocycles. The van der Waals surface area contributed by atoms with Gasteiger partial charge in [-0.3, -0.25) is 4.79 Å². The fourth-order valence-corrected chi connectivity index (χ4v) is 2.42. The average Bonchev–Trinajstić information content (AvgIpc) is 2.48. The Morgan fingerprint density at radius 2 is 2.00 bits per heavy atom. The highest BCUT2D eigenvalue weighted by Crippen LogP contribution is 2.28. The summed E-state index contributed by atoms with van der Waals surface area (Å²) in [5.41, 5.74) is 1.53. The second-order valence-electron chi connectivity index (χ2n) is 4.53. The Hall–Kier alpha value is -2.01. The molecule has 1 atom stereocenters. The highest BCUT2D eigenvalue weighted by Gasteiger charge is 2.19. The lowest BCUT2D eigenvalue weighted by Gasteiger charge is -2.16. The molecule has 0 bridgehead atoms. The highest BCUT2D eigenvalue weighted by atomic mass is 79.9. The maximum Gasteiger partial charge on any atom is 0.312 e. The molecular weight excluding hydrogens is 334 g/mol. The molecule has 2 rings (SSSR count). The van der Waals surface area contributed by atoms with Crippen LogP contribution in [0.25, 0.3) is 0 Å². The second kappa shape index (κ2) is 7.13. The number of hydrogen-bond acceptors (Lipinski definition) is 3. The molecular formula is C16H16BrNO3. The first-order valence-electron chi connectivity index (χ1n) is 6.47. The van der Waals surface area contributed by atoms with E-state index in [-0.39, 0.29) is 6.54 Å². The van der Waals surface area contributed by atoms with Crippen molar-refractivity contribution in [2.75, 3.05) is 19.0 Å². The number of benzene rings is 2. The topological polar surface area (TPSA) is 58.6 Å². The fraction of sp³-hybridized carbons (Fsp3) is 0.188. The lowest BCUT2D eigenvalue weighted by atomic mass is 9.99. The van der Waals surface area contributed by atoms with Gasteiger partial charge in [-0.15, -0.1) is 0 Å². The van der Waals surface area contributed by atoms with Crippen molar-refractivity contribution in [1.29, 1.82) is 0 Å². The van der Waals surface area contributed by atoms with Gasteiger partial charge in [0.2, 0.25) is 0 Å². The van der Waals surface area contributed by atoms with Gasteiger partial charge in [0.05, 0.1) is 18.7 Å². The molecule has 0 heterocycles. The molecule has 110 valence electrons. The number of hydrogen-bond donors (Lipinski definition) is 2. The molecule has 0 aliphatic heterocycles. The SMILES string of the molecule is COc1ccc(Br)cc1NCC(C(=O)O)c1ccccc1. The summed E-state index contributed by atoms with van der Waals surface area (Å²) >= 11 is 3.39. The third-order valence-corrected chi connectivity index (χ3v) is 3.65. The van der Waals surface area contributed by atoms with Gasteiger partial charge in [0, 0.05) is 11.0 Å². The Bertz CT molecular complexity index is 616. The molecule has 1 unspecified atom stereocenters. The van der Waals surface area contributed by atoms with Gasteiger partial charge in [-0.25, -0.2) is 0 Å². The van der Waals surface area contributed by atoms with Crippen LogP contribution in [0.1, 0.15) is 11.5 Å². The van der Waals surface area contributed by atoms with Crippen molar-refractivity contribution in [3.8, 4) is 5.75 Å². The van der Waals surface area contributed by atoms with Gasteiger partial charge < -0.3 is 15.2 Å². The summed E-state index contributed by atoms with van der Waals surface area (Å²) in [6.45, 7) is 0.284. The van der Waals surface area contributed by atoms with Gasteiger partial charge in [-0.2, -0.15) is 0 Å². The number of carboxylic acids is 1. The van der Waals surface area contributed by atoms with Gasteiger partial charge in [0.15, 0.2) is 0 Å². The van der Waals surface area contributed by atoms with E-state index < -0.39 is 11.9 Å². The van der Waals surface area contributed by atoms with E-state index in [1.165, 1.54) is 0 Å². The molecule has 0 aliphatic carbocycles. The predicted molar refractivity (Wildman–Crippen MR) is 86.0 cm³/mol. The Balaban J connectivity index is 2.16. The minimum atomic E-state index is -0.859. The molecule has 0 aliphatic rings. The van der Waals surface area contributed by atoms with Gasteiger partial charge >= 0.3 is 5.97 Å². The lowest BCUT2D eigenvalue weighted by molar-refractivity contribution is -0.138. The molecule has 0 spiro atoms. The van der Waals surface area contributed by atoms with Crippen LogP contribution in [-0.2, 0) is 4.79 Å². The minimum absolute atomic E-state index is 0.284. The molecule has 2 N–H and O–H groups in total. The number of halogens is 1. The minimum Gasteiger partial charge on any atom is -0.495 e. The molecule has 2 aromatic rings. The highest BCUT2D eigenvalue weighted by molar-refractivity contribution is 9.10. The summed E-state index contributed by atoms with van der Waals surface area (Å²) in [6.07, 6.45) is 0. The van der Waals surface area contributed by atoms with E-state index >= 15 is 0 Å². The van der Waals surface area contributed by atoms with Crippen LogP contribution in [0.3, 0.4) is 0 Å². The fourth-order valence-electron chi connectivity index (χ4n) is 2.06. The largest absolute Gasteiger partial charge is 0.495 e. The number of anilines is 1. The van der Waals surface area contributed by atoms with Gasteiger partial charge in [-0.05, 0) is 23.8 Å². The van der Waals surface area contributed by atoms with E-state index in [1.807, 2.05) is 48.5 Å². The Morgan fingerprint density at radius 1 is 1.29 bits per heavy atom. The summed E-state index contributed by atoms with van der Waals surface area (Å²) in [5.74, 6) is -0.798. The number of ether oxygens (including phenoxy) is 1. The van der Waals surface area contributed by atoms with Crippen molar-refractivity contribution in [1.82, 2.24) is 0 Å². The number of aliphatic carboxylic acids is 1. The monoisotopic (exact) mass is 349 g/mol. The number of nitrogens with one attached hydrogen (secondary N) is 1. The van der Waals surface area contributed by atoms with Crippen molar-refractivity contribution in [3.63, 3.8) is 0 Å². The molecule has 5 heteroatoms. The first-order valence-corrected chi connectivity index (χ1v) is 7.26. The van der Waals surface area contributed by atoms with E-state index in [2.05, 4.69) is 21.2 Å². The molecule has 2 aromatic carbocycles. The summed E-state index contributed by atoms with van der Waals surface area (Å²) in [5, 5.41) is 12.6. The maximum absolute atomic E-state index is 11.5. The maximum atomic E-state index is 11.5. The Kier molecular flexibility index (Phi) is 5.22. The molecule has 21 heavy (non-hydrogen) atoms. The molecule has 0 fully saturated rings. The van der Waals surface area contributed by atoms with Crippen molar-refractivity contribution in [3.05, 3.63) is 58.6 Å². The third kappa shape index (κ3) is 3.98. The first kappa shape index (κ1) is 15.4. The van der Waals surface area contributed by atoms with Gasteiger partial charge in [0.25, 0.3) is 0 Å². The summed E-state index contributed by atoms with van der Waals surface area (Å²) < 4.78 is 6.17. The molecule has 0 radical (unpaired) electrons. The van der Waals surface area contributed by atoms with Crippen molar-refractivity contribution in [2.24, 2.45) is 0 Å². The normalized spacial score (nSPS) is 11.7. The molecule has 0 saturated carbocycles. The summed E-state index contributed by atoms with van der Waals surface area (Å²) in [6, 6.07) is 14.7. The number of methoxy groups -OCH3 is 1. The zero-order valence-corrected chi connectivity index (χ0v) is 13.1. The van der Waals surface area contributed by atoms with Gasteiger partial charge in [-0.1, -0.05) is 46.3 Å². The Labute approximate surface area is 131 Å². The summed E-state index contributed by atoms with van der Waals surface area (Å²) in [4.78, 5) is 11.5. The second-order valence-corrected chi connectivity index (χ2v) is 5.44. The predicted octanol–water partition coefficient (Wildman–Crippen LogP) is 3.74. The van der Waals surface area contributed by atoms with Crippen LogP contribution in [-0.4, -0.2) is 24.7 Å². The zero-order valence-electron chi connectivity index (χ0n) is 11.5. The smallest absolute Gasteiger partial charge is 0.312 e. The average molecular weight is 350 g/mol.